The summed E-state index contributed by atoms with van der Waals surface area (Å²) in [6, 6.07) is 4.61. The zero-order valence-corrected chi connectivity index (χ0v) is 15.7. The molecule has 27 heavy (non-hydrogen) atoms. The van der Waals surface area contributed by atoms with Crippen LogP contribution in [-0.2, 0) is 9.53 Å². The molecule has 2 rings (SSSR count). The lowest BCUT2D eigenvalue weighted by Gasteiger charge is -2.06. The number of aryl methyl sites for hydroxylation is 1. The fraction of sp³-hybridized carbons (Fsp3) is 0.421. The molecule has 0 aliphatic carbocycles. The third-order valence-electron chi connectivity index (χ3n) is 3.81. The van der Waals surface area contributed by atoms with E-state index in [-0.39, 0.29) is 5.76 Å². The number of unbranched alkanes of at least 4 members (excludes halogenated alkanes) is 1. The van der Waals surface area contributed by atoms with Crippen LogP contribution in [0.5, 0.6) is 5.75 Å². The number of hydrogen-bond acceptors (Lipinski definition) is 6. The van der Waals surface area contributed by atoms with Crippen molar-refractivity contribution in [3.63, 3.8) is 0 Å². The van der Waals surface area contributed by atoms with Gasteiger partial charge in [-0.15, -0.1) is 0 Å². The number of furan rings is 1. The Bertz CT molecular complexity index is 827. The average molecular weight is 376 g/mol. The van der Waals surface area contributed by atoms with Crippen LogP contribution in [-0.4, -0.2) is 37.7 Å². The number of rotatable bonds is 8. The van der Waals surface area contributed by atoms with Crippen molar-refractivity contribution in [2.24, 2.45) is 0 Å². The minimum Gasteiger partial charge on any atom is -0.494 e. The van der Waals surface area contributed by atoms with E-state index in [2.05, 4.69) is 10.6 Å². The van der Waals surface area contributed by atoms with Crippen molar-refractivity contribution >= 4 is 28.9 Å². The second kappa shape index (κ2) is 9.61. The van der Waals surface area contributed by atoms with Crippen LogP contribution in [0.1, 0.15) is 42.8 Å². The summed E-state index contributed by atoms with van der Waals surface area (Å²) >= 11 is 0. The van der Waals surface area contributed by atoms with Crippen LogP contribution in [0.15, 0.2) is 22.6 Å². The van der Waals surface area contributed by atoms with Gasteiger partial charge in [0.1, 0.15) is 11.3 Å². The summed E-state index contributed by atoms with van der Waals surface area (Å²) in [6.45, 7) is 6.00. The number of fused-ring (bicyclic) bond motifs is 1. The van der Waals surface area contributed by atoms with Gasteiger partial charge in [0, 0.05) is 17.5 Å². The summed E-state index contributed by atoms with van der Waals surface area (Å²) in [5, 5.41) is 5.36. The van der Waals surface area contributed by atoms with E-state index in [1.165, 1.54) is 0 Å². The van der Waals surface area contributed by atoms with E-state index in [0.717, 1.165) is 18.2 Å². The molecule has 2 aromatic rings. The van der Waals surface area contributed by atoms with Gasteiger partial charge >= 0.3 is 12.0 Å². The molecule has 0 fully saturated rings. The van der Waals surface area contributed by atoms with Gasteiger partial charge in [-0.25, -0.2) is 9.59 Å². The molecule has 146 valence electrons. The van der Waals surface area contributed by atoms with Gasteiger partial charge in [0.05, 0.1) is 6.61 Å². The Morgan fingerprint density at radius 3 is 2.67 bits per heavy atom. The maximum absolute atomic E-state index is 12.2. The Balaban J connectivity index is 1.94. The van der Waals surface area contributed by atoms with Gasteiger partial charge in [0.2, 0.25) is 5.76 Å². The van der Waals surface area contributed by atoms with Gasteiger partial charge in [-0.1, -0.05) is 13.3 Å². The molecule has 0 saturated heterocycles. The maximum atomic E-state index is 12.2. The maximum Gasteiger partial charge on any atom is 0.375 e. The van der Waals surface area contributed by atoms with Crippen LogP contribution in [0.4, 0.5) is 4.79 Å². The first-order chi connectivity index (χ1) is 13.0. The minimum atomic E-state index is -0.775. The molecular weight excluding hydrogens is 352 g/mol. The summed E-state index contributed by atoms with van der Waals surface area (Å²) in [5.41, 5.74) is 1.11. The van der Waals surface area contributed by atoms with Crippen molar-refractivity contribution in [1.82, 2.24) is 10.6 Å². The second-order valence-electron chi connectivity index (χ2n) is 5.88. The van der Waals surface area contributed by atoms with Crippen LogP contribution in [0.25, 0.3) is 11.0 Å². The molecule has 0 saturated carbocycles. The van der Waals surface area contributed by atoms with E-state index >= 15 is 0 Å². The Morgan fingerprint density at radius 1 is 1.19 bits per heavy atom. The number of ether oxygens (including phenoxy) is 2. The van der Waals surface area contributed by atoms with E-state index in [9.17, 15) is 14.4 Å². The lowest BCUT2D eigenvalue weighted by Crippen LogP contribution is -2.41. The highest BCUT2D eigenvalue weighted by Gasteiger charge is 2.21. The molecule has 2 N–H and O–H groups in total. The zero-order valence-electron chi connectivity index (χ0n) is 15.7. The number of nitrogens with one attached hydrogen (secondary N) is 2. The van der Waals surface area contributed by atoms with E-state index in [1.54, 1.807) is 25.1 Å². The summed E-state index contributed by atoms with van der Waals surface area (Å²) < 4.78 is 15.9. The van der Waals surface area contributed by atoms with Crippen molar-refractivity contribution in [3.8, 4) is 5.75 Å². The number of carbonyl (C=O) groups excluding carboxylic acids is 3. The molecule has 0 bridgehead atoms. The first-order valence-electron chi connectivity index (χ1n) is 8.87. The third kappa shape index (κ3) is 5.47. The van der Waals surface area contributed by atoms with Gasteiger partial charge in [-0.2, -0.15) is 0 Å². The van der Waals surface area contributed by atoms with Crippen molar-refractivity contribution < 1.29 is 28.3 Å². The van der Waals surface area contributed by atoms with E-state index in [0.29, 0.717) is 30.0 Å². The lowest BCUT2D eigenvalue weighted by atomic mass is 10.1. The Morgan fingerprint density at radius 2 is 1.96 bits per heavy atom. The Labute approximate surface area is 157 Å². The molecule has 8 nitrogen and oxygen atoms in total. The van der Waals surface area contributed by atoms with Gasteiger partial charge in [0.15, 0.2) is 6.61 Å². The van der Waals surface area contributed by atoms with Crippen LogP contribution < -0.4 is 15.4 Å². The van der Waals surface area contributed by atoms with E-state index in [4.69, 9.17) is 13.9 Å². The van der Waals surface area contributed by atoms with Crippen molar-refractivity contribution in [1.29, 1.82) is 0 Å². The van der Waals surface area contributed by atoms with Crippen LogP contribution in [0, 0.1) is 6.92 Å². The number of urea groups is 1. The average Bonchev–Trinajstić information content (AvgIpc) is 2.97. The zero-order chi connectivity index (χ0) is 19.8. The monoisotopic (exact) mass is 376 g/mol. The smallest absolute Gasteiger partial charge is 0.375 e. The summed E-state index contributed by atoms with van der Waals surface area (Å²) in [5.74, 6) is -0.811. The van der Waals surface area contributed by atoms with E-state index < -0.39 is 24.5 Å². The normalized spacial score (nSPS) is 10.5. The molecule has 3 amide bonds. The summed E-state index contributed by atoms with van der Waals surface area (Å²) in [6.07, 6.45) is 1.74. The standard InChI is InChI=1S/C19H24N2O6/c1-4-6-9-20-19(24)21-16(22)11-26-18(23)17-12(3)14-10-13(25-5-2)7-8-15(14)27-17/h7-8,10H,4-6,9,11H2,1-3H3,(H2,20,21,22,24). The summed E-state index contributed by atoms with van der Waals surface area (Å²) in [7, 11) is 0. The quantitative estimate of drug-likeness (QED) is 0.542. The Kier molecular flexibility index (Phi) is 7.22. The molecule has 0 aliphatic rings. The van der Waals surface area contributed by atoms with E-state index in [1.807, 2.05) is 13.8 Å². The number of carbonyl (C=O) groups is 3. The van der Waals surface area contributed by atoms with Gasteiger partial charge in [0.25, 0.3) is 5.91 Å². The molecule has 0 unspecified atom stereocenters. The highest BCUT2D eigenvalue weighted by atomic mass is 16.5. The molecule has 1 aromatic heterocycles. The highest BCUT2D eigenvalue weighted by Crippen LogP contribution is 2.29. The van der Waals surface area contributed by atoms with Gasteiger partial charge in [-0.05, 0) is 38.5 Å². The predicted octanol–water partition coefficient (Wildman–Crippen LogP) is 2.92. The molecular formula is C19H24N2O6. The minimum absolute atomic E-state index is 0.0128. The number of imide groups is 1. The fourth-order valence-electron chi connectivity index (χ4n) is 2.43. The topological polar surface area (TPSA) is 107 Å². The SMILES string of the molecule is CCCCNC(=O)NC(=O)COC(=O)c1oc2ccc(OCC)cc2c1C. The van der Waals surface area contributed by atoms with Crippen molar-refractivity contribution in [2.75, 3.05) is 19.8 Å². The van der Waals surface area contributed by atoms with Crippen LogP contribution in [0.3, 0.4) is 0 Å². The largest absolute Gasteiger partial charge is 0.494 e. The van der Waals surface area contributed by atoms with Crippen molar-refractivity contribution in [3.05, 3.63) is 29.5 Å². The first kappa shape index (κ1) is 20.3. The first-order valence-corrected chi connectivity index (χ1v) is 8.87. The second-order valence-corrected chi connectivity index (χ2v) is 5.88. The molecule has 8 heteroatoms. The molecule has 1 aromatic carbocycles. The number of benzene rings is 1. The Hall–Kier alpha value is -3.03. The van der Waals surface area contributed by atoms with Crippen LogP contribution in [0.2, 0.25) is 0 Å². The molecule has 0 aliphatic heterocycles. The molecule has 0 spiro atoms. The van der Waals surface area contributed by atoms with Gasteiger partial charge in [-0.3, -0.25) is 10.1 Å². The fourth-order valence-corrected chi connectivity index (χ4v) is 2.43. The number of amides is 3. The van der Waals surface area contributed by atoms with Gasteiger partial charge < -0.3 is 19.2 Å². The predicted molar refractivity (Wildman–Crippen MR) is 98.9 cm³/mol. The third-order valence-corrected chi connectivity index (χ3v) is 3.81. The molecule has 0 radical (unpaired) electrons. The van der Waals surface area contributed by atoms with Crippen LogP contribution >= 0.6 is 0 Å². The van der Waals surface area contributed by atoms with Crippen molar-refractivity contribution in [2.45, 2.75) is 33.6 Å². The lowest BCUT2D eigenvalue weighted by molar-refractivity contribution is -0.123. The molecule has 0 atom stereocenters. The molecule has 1 heterocycles. The highest BCUT2D eigenvalue weighted by molar-refractivity contribution is 5.99. The number of esters is 1. The summed E-state index contributed by atoms with van der Waals surface area (Å²) in [4.78, 5) is 35.4. The number of hydrogen-bond donors (Lipinski definition) is 2.